The lowest BCUT2D eigenvalue weighted by Crippen LogP contribution is -2.39. The monoisotopic (exact) mass is 185 g/mol. The van der Waals surface area contributed by atoms with E-state index in [1.807, 2.05) is 0 Å². The van der Waals surface area contributed by atoms with Crippen LogP contribution >= 0.6 is 0 Å². The highest BCUT2D eigenvalue weighted by Gasteiger charge is 2.32. The van der Waals surface area contributed by atoms with Crippen LogP contribution in [0, 0.1) is 5.41 Å². The molecule has 3 nitrogen and oxygen atoms in total. The van der Waals surface area contributed by atoms with Crippen molar-refractivity contribution in [2.24, 2.45) is 5.41 Å². The molecular formula is C10H17O3. The second kappa shape index (κ2) is 4.61. The molecule has 1 heterocycles. The Bertz CT molecular complexity index is 173. The number of hydrogen-bond acceptors (Lipinski definition) is 2. The lowest BCUT2D eigenvalue weighted by atomic mass is 9.83. The normalized spacial score (nSPS) is 19.5. The Labute approximate surface area is 79.1 Å². The van der Waals surface area contributed by atoms with E-state index in [9.17, 15) is 9.90 Å². The van der Waals surface area contributed by atoms with Crippen LogP contribution in [0.15, 0.2) is 0 Å². The number of carbonyl (C=O) groups is 1. The first-order valence-corrected chi connectivity index (χ1v) is 4.90. The van der Waals surface area contributed by atoms with Crippen LogP contribution < -0.4 is 0 Å². The number of hydrogen-bond donors (Lipinski definition) is 0. The van der Waals surface area contributed by atoms with Gasteiger partial charge in [0.2, 0.25) is 0 Å². The number of ether oxygens (including phenoxy) is 1. The smallest absolute Gasteiger partial charge is 0.355 e. The fourth-order valence-corrected chi connectivity index (χ4v) is 1.59. The van der Waals surface area contributed by atoms with E-state index < -0.39 is 5.97 Å². The molecule has 75 valence electrons. The summed E-state index contributed by atoms with van der Waals surface area (Å²) in [5, 5.41) is 10.1. The second-order valence-electron chi connectivity index (χ2n) is 4.24. The molecule has 1 saturated heterocycles. The van der Waals surface area contributed by atoms with Crippen LogP contribution in [-0.2, 0) is 14.6 Å². The van der Waals surface area contributed by atoms with Gasteiger partial charge in [0, 0.05) is 5.41 Å². The molecule has 1 aliphatic rings. The fraction of sp³-hybridized carbons (Fsp3) is 0.900. The first-order chi connectivity index (χ1) is 6.12. The van der Waals surface area contributed by atoms with Crippen molar-refractivity contribution >= 4 is 5.97 Å². The fourth-order valence-electron chi connectivity index (χ4n) is 1.59. The summed E-state index contributed by atoms with van der Waals surface area (Å²) in [5.41, 5.74) is 0.376. The zero-order valence-corrected chi connectivity index (χ0v) is 8.17. The lowest BCUT2D eigenvalue weighted by Gasteiger charge is -2.38. The van der Waals surface area contributed by atoms with Gasteiger partial charge in [-0.3, -0.25) is 0 Å². The predicted octanol–water partition coefficient (Wildman–Crippen LogP) is 1.93. The molecule has 0 amide bonds. The minimum atomic E-state index is -0.932. The van der Waals surface area contributed by atoms with Crippen LogP contribution in [0.3, 0.4) is 0 Å². The highest BCUT2D eigenvalue weighted by molar-refractivity contribution is 5.66. The summed E-state index contributed by atoms with van der Waals surface area (Å²) < 4.78 is 5.13. The molecule has 0 saturated carbocycles. The third-order valence-corrected chi connectivity index (χ3v) is 2.56. The molecule has 0 aromatic rings. The molecule has 1 fully saturated rings. The van der Waals surface area contributed by atoms with E-state index in [0.717, 1.165) is 38.9 Å². The maximum absolute atomic E-state index is 10.1. The van der Waals surface area contributed by atoms with E-state index in [2.05, 4.69) is 6.92 Å². The first kappa shape index (κ1) is 10.5. The van der Waals surface area contributed by atoms with E-state index in [1.165, 1.54) is 0 Å². The zero-order chi connectivity index (χ0) is 9.73. The zero-order valence-electron chi connectivity index (χ0n) is 8.17. The summed E-state index contributed by atoms with van der Waals surface area (Å²) in [6, 6.07) is 0. The molecule has 0 atom stereocenters. The number of carbonyl (C=O) groups excluding carboxylic acids is 1. The summed E-state index contributed by atoms with van der Waals surface area (Å²) in [7, 11) is 0. The highest BCUT2D eigenvalue weighted by atomic mass is 16.5. The minimum Gasteiger partial charge on any atom is -0.380 e. The lowest BCUT2D eigenvalue weighted by molar-refractivity contribution is -0.143. The first-order valence-electron chi connectivity index (χ1n) is 4.90. The third kappa shape index (κ3) is 3.77. The van der Waals surface area contributed by atoms with Crippen molar-refractivity contribution in [2.45, 2.75) is 39.0 Å². The third-order valence-electron chi connectivity index (χ3n) is 2.56. The molecule has 0 aliphatic carbocycles. The molecule has 0 bridgehead atoms. The van der Waals surface area contributed by atoms with Gasteiger partial charge >= 0.3 is 5.97 Å². The molecule has 0 aromatic heterocycles. The van der Waals surface area contributed by atoms with Crippen molar-refractivity contribution in [3.63, 3.8) is 0 Å². The molecule has 0 spiro atoms. The van der Waals surface area contributed by atoms with Gasteiger partial charge in [0.05, 0.1) is 19.6 Å². The van der Waals surface area contributed by atoms with Gasteiger partial charge in [-0.2, -0.15) is 0 Å². The van der Waals surface area contributed by atoms with E-state index in [0.29, 0.717) is 5.41 Å². The summed E-state index contributed by atoms with van der Waals surface area (Å²) in [6.45, 7) is 3.95. The molecule has 13 heavy (non-hydrogen) atoms. The van der Waals surface area contributed by atoms with Gasteiger partial charge in [-0.05, 0) is 12.8 Å². The van der Waals surface area contributed by atoms with E-state index in [1.54, 1.807) is 0 Å². The second-order valence-corrected chi connectivity index (χ2v) is 4.24. The summed E-state index contributed by atoms with van der Waals surface area (Å²) in [6.07, 6.45) is 4.20. The van der Waals surface area contributed by atoms with Crippen molar-refractivity contribution in [1.82, 2.24) is 0 Å². The Morgan fingerprint density at radius 2 is 2.00 bits per heavy atom. The molecule has 0 unspecified atom stereocenters. The van der Waals surface area contributed by atoms with Gasteiger partial charge in [0.25, 0.3) is 0 Å². The molecule has 0 N–H and O–H groups in total. The average molecular weight is 185 g/mol. The van der Waals surface area contributed by atoms with Crippen molar-refractivity contribution in [3.8, 4) is 0 Å². The van der Waals surface area contributed by atoms with Crippen molar-refractivity contribution < 1.29 is 14.6 Å². The maximum atomic E-state index is 10.1. The van der Waals surface area contributed by atoms with Gasteiger partial charge in [0.15, 0.2) is 0 Å². The van der Waals surface area contributed by atoms with E-state index >= 15 is 0 Å². The Hall–Kier alpha value is -0.570. The summed E-state index contributed by atoms with van der Waals surface area (Å²) in [4.78, 5) is 10.1. The quantitative estimate of drug-likeness (QED) is 0.593. The summed E-state index contributed by atoms with van der Waals surface area (Å²) in [5.74, 6) is -0.932. The molecule has 0 aromatic carbocycles. The van der Waals surface area contributed by atoms with Crippen LogP contribution in [0.4, 0.5) is 0 Å². The van der Waals surface area contributed by atoms with Gasteiger partial charge in [-0.1, -0.05) is 19.8 Å². The molecule has 3 heteroatoms. The van der Waals surface area contributed by atoms with E-state index in [4.69, 9.17) is 4.74 Å². The average Bonchev–Trinajstić information content (AvgIpc) is 2.00. The van der Waals surface area contributed by atoms with Gasteiger partial charge in [-0.15, -0.1) is 0 Å². The molecule has 1 radical (unpaired) electrons. The van der Waals surface area contributed by atoms with Crippen molar-refractivity contribution in [2.75, 3.05) is 13.2 Å². The maximum Gasteiger partial charge on any atom is 0.355 e. The largest absolute Gasteiger partial charge is 0.380 e. The minimum absolute atomic E-state index is 0.202. The topological polar surface area (TPSA) is 46.2 Å². The Balaban J connectivity index is 1.92. The molecule has 1 aliphatic heterocycles. The van der Waals surface area contributed by atoms with Gasteiger partial charge < -0.3 is 4.74 Å². The summed E-state index contributed by atoms with van der Waals surface area (Å²) >= 11 is 0. The van der Waals surface area contributed by atoms with Crippen LogP contribution in [0.5, 0.6) is 0 Å². The molecular weight excluding hydrogens is 168 g/mol. The van der Waals surface area contributed by atoms with Crippen LogP contribution in [-0.4, -0.2) is 19.2 Å². The van der Waals surface area contributed by atoms with Crippen LogP contribution in [0.25, 0.3) is 0 Å². The Morgan fingerprint density at radius 3 is 2.46 bits per heavy atom. The highest BCUT2D eigenvalue weighted by Crippen LogP contribution is 2.32. The van der Waals surface area contributed by atoms with Gasteiger partial charge in [0.1, 0.15) is 0 Å². The number of rotatable bonds is 6. The van der Waals surface area contributed by atoms with Gasteiger partial charge in [-0.25, -0.2) is 9.90 Å². The Kier molecular flexibility index (Phi) is 3.72. The van der Waals surface area contributed by atoms with Crippen LogP contribution in [0.1, 0.15) is 39.0 Å². The van der Waals surface area contributed by atoms with Crippen LogP contribution in [0.2, 0.25) is 0 Å². The number of unbranched alkanes of at least 4 members (excludes halogenated alkanes) is 2. The Morgan fingerprint density at radius 1 is 1.31 bits per heavy atom. The molecule has 1 rings (SSSR count). The van der Waals surface area contributed by atoms with E-state index in [-0.39, 0.29) is 6.42 Å². The van der Waals surface area contributed by atoms with Crippen molar-refractivity contribution in [3.05, 3.63) is 0 Å². The van der Waals surface area contributed by atoms with Crippen molar-refractivity contribution in [1.29, 1.82) is 0 Å². The standard InChI is InChI=1S/C10H17O3/c1-10(7-13-8-10)6-4-2-3-5-9(11)12/h2-8H2,1H3. The predicted molar refractivity (Wildman–Crippen MR) is 47.7 cm³/mol. The SMILES string of the molecule is CC1(CCCCCC([O])=O)COC1.